The molecule has 0 aliphatic rings. The summed E-state index contributed by atoms with van der Waals surface area (Å²) in [5.74, 6) is -0.924. The Hall–Kier alpha value is -1.29. The van der Waals surface area contributed by atoms with Crippen LogP contribution < -0.4 is 0 Å². The number of carbonyl (C=O) groups is 2. The number of aliphatic hydroxyl groups excluding tert-OH is 2. The van der Waals surface area contributed by atoms with Crippen LogP contribution in [-0.4, -0.2) is 65.7 Å². The second kappa shape index (κ2) is 39.9. The predicted octanol–water partition coefficient (Wildman–Crippen LogP) is 11.6. The lowest BCUT2D eigenvalue weighted by molar-refractivity contribution is -0.161. The zero-order valence-corrected chi connectivity index (χ0v) is 35.6. The topological polar surface area (TPSA) is 149 Å². The van der Waals surface area contributed by atoms with Crippen molar-refractivity contribution in [3.05, 3.63) is 12.2 Å². The van der Waals surface area contributed by atoms with Gasteiger partial charge < -0.3 is 24.6 Å². The molecule has 10 nitrogen and oxygen atoms in total. The highest BCUT2D eigenvalue weighted by Crippen LogP contribution is 2.43. The summed E-state index contributed by atoms with van der Waals surface area (Å²) in [6, 6.07) is 0. The maximum Gasteiger partial charge on any atom is 0.472 e. The Morgan fingerprint density at radius 2 is 0.907 bits per heavy atom. The van der Waals surface area contributed by atoms with Gasteiger partial charge in [-0.2, -0.15) is 0 Å². The Labute approximate surface area is 330 Å². The summed E-state index contributed by atoms with van der Waals surface area (Å²) < 4.78 is 32.7. The monoisotopic (exact) mass is 791 g/mol. The zero-order chi connectivity index (χ0) is 39.8. The molecule has 0 aliphatic carbocycles. The van der Waals surface area contributed by atoms with E-state index in [1.807, 2.05) is 0 Å². The van der Waals surface area contributed by atoms with Crippen molar-refractivity contribution < 1.29 is 47.8 Å². The fourth-order valence-corrected chi connectivity index (χ4v) is 7.01. The van der Waals surface area contributed by atoms with Crippen LogP contribution in [-0.2, 0) is 32.7 Å². The first-order chi connectivity index (χ1) is 26.2. The van der Waals surface area contributed by atoms with E-state index < -0.39 is 51.8 Å². The second-order valence-electron chi connectivity index (χ2n) is 15.1. The number of allylic oxidation sites excluding steroid dienone is 2. The van der Waals surface area contributed by atoms with Crippen molar-refractivity contribution in [2.75, 3.05) is 26.4 Å². The Kier molecular flexibility index (Phi) is 39.0. The lowest BCUT2D eigenvalue weighted by atomic mass is 10.0. The molecule has 0 amide bonds. The predicted molar refractivity (Wildman–Crippen MR) is 219 cm³/mol. The van der Waals surface area contributed by atoms with Crippen molar-refractivity contribution in [3.8, 4) is 0 Å². The summed E-state index contributed by atoms with van der Waals surface area (Å²) in [6.07, 6.45) is 37.5. The lowest BCUT2D eigenvalue weighted by Gasteiger charge is -2.20. The van der Waals surface area contributed by atoms with Crippen molar-refractivity contribution in [1.82, 2.24) is 0 Å². The van der Waals surface area contributed by atoms with Gasteiger partial charge in [-0.3, -0.25) is 18.6 Å². The molecular weight excluding hydrogens is 707 g/mol. The molecule has 54 heavy (non-hydrogen) atoms. The van der Waals surface area contributed by atoms with Crippen LogP contribution in [0.4, 0.5) is 0 Å². The number of unbranched alkanes of at least 4 members (excludes halogenated alkanes) is 26. The number of ether oxygens (including phenoxy) is 2. The Bertz CT molecular complexity index is 915. The van der Waals surface area contributed by atoms with Gasteiger partial charge in [0.15, 0.2) is 6.10 Å². The van der Waals surface area contributed by atoms with Crippen molar-refractivity contribution in [3.63, 3.8) is 0 Å². The van der Waals surface area contributed by atoms with E-state index in [2.05, 4.69) is 30.5 Å². The van der Waals surface area contributed by atoms with Crippen molar-refractivity contribution in [2.24, 2.45) is 0 Å². The van der Waals surface area contributed by atoms with E-state index in [9.17, 15) is 24.2 Å². The first-order valence-electron chi connectivity index (χ1n) is 22.1. The Morgan fingerprint density at radius 3 is 1.33 bits per heavy atom. The van der Waals surface area contributed by atoms with Gasteiger partial charge in [0, 0.05) is 12.8 Å². The molecule has 0 aromatic heterocycles. The molecule has 320 valence electrons. The lowest BCUT2D eigenvalue weighted by Crippen LogP contribution is -2.29. The van der Waals surface area contributed by atoms with Crippen LogP contribution in [0.5, 0.6) is 0 Å². The number of esters is 2. The highest BCUT2D eigenvalue weighted by Gasteiger charge is 2.27. The van der Waals surface area contributed by atoms with E-state index in [0.717, 1.165) is 57.8 Å². The van der Waals surface area contributed by atoms with Crippen molar-refractivity contribution in [1.29, 1.82) is 0 Å². The first kappa shape index (κ1) is 52.7. The number of phosphoric ester groups is 1. The summed E-state index contributed by atoms with van der Waals surface area (Å²) in [7, 11) is -4.61. The van der Waals surface area contributed by atoms with Gasteiger partial charge >= 0.3 is 19.8 Å². The zero-order valence-electron chi connectivity index (χ0n) is 34.7. The standard InChI is InChI=1S/C43H83O10P/c1-3-5-7-9-11-13-15-17-19-20-21-23-24-26-28-30-32-34-42(46)50-38-41(39-52-54(48,49)51-37-40(45)36-44)53-43(47)35-33-31-29-27-25-22-18-16-14-12-10-8-6-4-2/h16,18,40-41,44-45H,3-15,17,19-39H2,1-2H3,(H,48,49)/b18-16-/t40-,41+/m0/s1. The van der Waals surface area contributed by atoms with Gasteiger partial charge in [-0.1, -0.05) is 174 Å². The van der Waals surface area contributed by atoms with Gasteiger partial charge in [0.05, 0.1) is 19.8 Å². The number of aliphatic hydroxyl groups is 2. The minimum atomic E-state index is -4.61. The molecule has 0 aliphatic heterocycles. The minimum absolute atomic E-state index is 0.178. The molecule has 11 heteroatoms. The van der Waals surface area contributed by atoms with Crippen molar-refractivity contribution >= 4 is 19.8 Å². The summed E-state index contributed by atoms with van der Waals surface area (Å²) >= 11 is 0. The van der Waals surface area contributed by atoms with E-state index in [-0.39, 0.29) is 19.4 Å². The second-order valence-corrected chi connectivity index (χ2v) is 16.5. The summed E-state index contributed by atoms with van der Waals surface area (Å²) in [6.45, 7) is 2.39. The minimum Gasteiger partial charge on any atom is -0.462 e. The molecule has 1 unspecified atom stereocenters. The summed E-state index contributed by atoms with van der Waals surface area (Å²) in [4.78, 5) is 35.0. The molecule has 0 bridgehead atoms. The van der Waals surface area contributed by atoms with E-state index in [4.69, 9.17) is 19.1 Å². The number of hydrogen-bond donors (Lipinski definition) is 3. The maximum atomic E-state index is 12.6. The third-order valence-electron chi connectivity index (χ3n) is 9.67. The summed E-state index contributed by atoms with van der Waals surface area (Å²) in [5, 5.41) is 18.3. The van der Waals surface area contributed by atoms with Gasteiger partial charge in [0.2, 0.25) is 0 Å². The van der Waals surface area contributed by atoms with Gasteiger partial charge in [-0.25, -0.2) is 4.57 Å². The number of rotatable bonds is 42. The Morgan fingerprint density at radius 1 is 0.537 bits per heavy atom. The molecule has 0 fully saturated rings. The average molecular weight is 791 g/mol. The largest absolute Gasteiger partial charge is 0.472 e. The highest BCUT2D eigenvalue weighted by molar-refractivity contribution is 7.47. The van der Waals surface area contributed by atoms with Crippen LogP contribution >= 0.6 is 7.82 Å². The van der Waals surface area contributed by atoms with Crippen LogP contribution in [0, 0.1) is 0 Å². The number of carbonyl (C=O) groups excluding carboxylic acids is 2. The van der Waals surface area contributed by atoms with Crippen LogP contribution in [0.3, 0.4) is 0 Å². The molecule has 0 radical (unpaired) electrons. The molecular formula is C43H83O10P. The van der Waals surface area contributed by atoms with Crippen LogP contribution in [0.15, 0.2) is 12.2 Å². The fraction of sp³-hybridized carbons (Fsp3) is 0.907. The molecule has 0 spiro atoms. The molecule has 0 saturated carbocycles. The van der Waals surface area contributed by atoms with E-state index in [0.29, 0.717) is 12.8 Å². The smallest absolute Gasteiger partial charge is 0.462 e. The normalized spacial score (nSPS) is 13.9. The number of hydrogen-bond acceptors (Lipinski definition) is 9. The maximum absolute atomic E-state index is 12.6. The van der Waals surface area contributed by atoms with Crippen LogP contribution in [0.25, 0.3) is 0 Å². The molecule has 0 aromatic rings. The van der Waals surface area contributed by atoms with Crippen LogP contribution in [0.1, 0.15) is 213 Å². The molecule has 3 N–H and O–H groups in total. The SMILES string of the molecule is CCCCCCC/C=C\CCCCCCCC(=O)O[C@H](COC(=O)CCCCCCCCCCCCCCCCCCC)COP(=O)(O)OC[C@@H](O)CO. The summed E-state index contributed by atoms with van der Waals surface area (Å²) in [5.41, 5.74) is 0. The molecule has 0 aromatic carbocycles. The van der Waals surface area contributed by atoms with Crippen molar-refractivity contribution in [2.45, 2.75) is 225 Å². The third-order valence-corrected chi connectivity index (χ3v) is 10.6. The third kappa shape index (κ3) is 39.0. The molecule has 3 atom stereocenters. The van der Waals surface area contributed by atoms with Gasteiger partial charge in [0.25, 0.3) is 0 Å². The average Bonchev–Trinajstić information content (AvgIpc) is 3.16. The van der Waals surface area contributed by atoms with Gasteiger partial charge in [0.1, 0.15) is 12.7 Å². The highest BCUT2D eigenvalue weighted by atomic mass is 31.2. The van der Waals surface area contributed by atoms with E-state index in [1.54, 1.807) is 0 Å². The van der Waals surface area contributed by atoms with Crippen LogP contribution in [0.2, 0.25) is 0 Å². The van der Waals surface area contributed by atoms with E-state index in [1.165, 1.54) is 116 Å². The number of phosphoric acid groups is 1. The molecule has 0 saturated heterocycles. The first-order valence-corrected chi connectivity index (χ1v) is 23.6. The Balaban J connectivity index is 4.25. The van der Waals surface area contributed by atoms with Gasteiger partial charge in [-0.15, -0.1) is 0 Å². The fourth-order valence-electron chi connectivity index (χ4n) is 6.22. The quantitative estimate of drug-likeness (QED) is 0.0236. The van der Waals surface area contributed by atoms with Gasteiger partial charge in [-0.05, 0) is 38.5 Å². The molecule has 0 heterocycles. The van der Waals surface area contributed by atoms with E-state index >= 15 is 0 Å². The molecule has 0 rings (SSSR count).